The topological polar surface area (TPSA) is 79.9 Å². The minimum Gasteiger partial charge on any atom is -0.468 e. The molecule has 0 spiro atoms. The van der Waals surface area contributed by atoms with E-state index in [0.717, 1.165) is 24.5 Å². The van der Waals surface area contributed by atoms with Crippen LogP contribution in [0.15, 0.2) is 11.5 Å². The number of ether oxygens (including phenoxy) is 1. The molecule has 1 aromatic heterocycles. The average Bonchev–Trinajstić information content (AvgIpc) is 3.11. The van der Waals surface area contributed by atoms with Gasteiger partial charge in [-0.05, 0) is 25.3 Å². The number of aromatic amines is 1. The van der Waals surface area contributed by atoms with Crippen molar-refractivity contribution in [3.63, 3.8) is 0 Å². The Balaban J connectivity index is 2.09. The third-order valence-electron chi connectivity index (χ3n) is 3.15. The molecule has 1 aliphatic carbocycles. The number of esters is 1. The molecule has 0 radical (unpaired) electrons. The molecule has 1 aromatic rings. The van der Waals surface area contributed by atoms with Crippen LogP contribution in [-0.2, 0) is 9.53 Å². The SMILES string of the molecule is CCNC(CSc1ncn[nH]1)(C(=O)OC)C1CC1. The minimum absolute atomic E-state index is 0.182. The summed E-state index contributed by atoms with van der Waals surface area (Å²) in [6, 6.07) is 0. The van der Waals surface area contributed by atoms with Gasteiger partial charge in [-0.2, -0.15) is 5.10 Å². The molecule has 1 saturated carbocycles. The predicted molar refractivity (Wildman–Crippen MR) is 68.3 cm³/mol. The van der Waals surface area contributed by atoms with Gasteiger partial charge in [0.15, 0.2) is 5.16 Å². The minimum atomic E-state index is -0.596. The lowest BCUT2D eigenvalue weighted by Crippen LogP contribution is -2.56. The van der Waals surface area contributed by atoms with Gasteiger partial charge < -0.3 is 10.1 Å². The molecule has 1 unspecified atom stereocenters. The molecular formula is C11H18N4O2S. The van der Waals surface area contributed by atoms with Crippen molar-refractivity contribution in [3.8, 4) is 0 Å². The summed E-state index contributed by atoms with van der Waals surface area (Å²) in [6.07, 6.45) is 3.60. The Morgan fingerprint density at radius 1 is 1.72 bits per heavy atom. The van der Waals surface area contributed by atoms with Gasteiger partial charge in [-0.1, -0.05) is 18.7 Å². The number of carbonyl (C=O) groups excluding carboxylic acids is 1. The van der Waals surface area contributed by atoms with Crippen LogP contribution in [0, 0.1) is 5.92 Å². The Labute approximate surface area is 110 Å². The number of nitrogens with one attached hydrogen (secondary N) is 2. The van der Waals surface area contributed by atoms with Gasteiger partial charge in [-0.3, -0.25) is 9.89 Å². The summed E-state index contributed by atoms with van der Waals surface area (Å²) in [7, 11) is 1.44. The first kappa shape index (κ1) is 13.4. The number of hydrogen-bond donors (Lipinski definition) is 2. The summed E-state index contributed by atoms with van der Waals surface area (Å²) < 4.78 is 4.98. The number of thioether (sulfide) groups is 1. The van der Waals surface area contributed by atoms with Gasteiger partial charge in [0, 0.05) is 5.75 Å². The molecule has 1 aliphatic rings. The first-order valence-electron chi connectivity index (χ1n) is 6.04. The van der Waals surface area contributed by atoms with Crippen molar-refractivity contribution in [1.29, 1.82) is 0 Å². The molecule has 0 bridgehead atoms. The number of H-pyrrole nitrogens is 1. The number of carbonyl (C=O) groups is 1. The smallest absolute Gasteiger partial charge is 0.327 e. The molecule has 1 fully saturated rings. The molecule has 6 nitrogen and oxygen atoms in total. The highest BCUT2D eigenvalue weighted by molar-refractivity contribution is 7.99. The van der Waals surface area contributed by atoms with Gasteiger partial charge in [-0.25, -0.2) is 4.98 Å². The van der Waals surface area contributed by atoms with E-state index in [1.54, 1.807) is 0 Å². The van der Waals surface area contributed by atoms with E-state index in [0.29, 0.717) is 11.7 Å². The molecule has 2 N–H and O–H groups in total. The second kappa shape index (κ2) is 5.71. The van der Waals surface area contributed by atoms with E-state index in [-0.39, 0.29) is 5.97 Å². The maximum absolute atomic E-state index is 12.1. The summed E-state index contributed by atoms with van der Waals surface area (Å²) in [5, 5.41) is 10.6. The summed E-state index contributed by atoms with van der Waals surface area (Å²) in [5.41, 5.74) is -0.596. The van der Waals surface area contributed by atoms with Gasteiger partial charge in [0.1, 0.15) is 11.9 Å². The number of nitrogens with zero attached hydrogens (tertiary/aromatic N) is 2. The zero-order valence-corrected chi connectivity index (χ0v) is 11.4. The quantitative estimate of drug-likeness (QED) is 0.564. The van der Waals surface area contributed by atoms with Gasteiger partial charge in [-0.15, -0.1) is 0 Å². The van der Waals surface area contributed by atoms with Crippen LogP contribution in [0.3, 0.4) is 0 Å². The zero-order valence-electron chi connectivity index (χ0n) is 10.6. The lowest BCUT2D eigenvalue weighted by Gasteiger charge is -2.31. The predicted octanol–water partition coefficient (Wildman–Crippen LogP) is 0.828. The van der Waals surface area contributed by atoms with Crippen molar-refractivity contribution in [2.45, 2.75) is 30.5 Å². The van der Waals surface area contributed by atoms with E-state index in [2.05, 4.69) is 20.5 Å². The fourth-order valence-corrected chi connectivity index (χ4v) is 3.19. The third kappa shape index (κ3) is 2.67. The molecule has 0 aliphatic heterocycles. The van der Waals surface area contributed by atoms with Crippen LogP contribution < -0.4 is 5.32 Å². The highest BCUT2D eigenvalue weighted by Gasteiger charge is 2.51. The van der Waals surface area contributed by atoms with Crippen LogP contribution in [0.25, 0.3) is 0 Å². The van der Waals surface area contributed by atoms with E-state index in [1.165, 1.54) is 25.2 Å². The van der Waals surface area contributed by atoms with Gasteiger partial charge in [0.25, 0.3) is 0 Å². The maximum atomic E-state index is 12.1. The van der Waals surface area contributed by atoms with Crippen molar-refractivity contribution in [1.82, 2.24) is 20.5 Å². The van der Waals surface area contributed by atoms with Gasteiger partial charge in [0.05, 0.1) is 7.11 Å². The number of methoxy groups -OCH3 is 1. The fourth-order valence-electron chi connectivity index (χ4n) is 2.13. The molecule has 100 valence electrons. The van der Waals surface area contributed by atoms with E-state index >= 15 is 0 Å². The molecular weight excluding hydrogens is 252 g/mol. The van der Waals surface area contributed by atoms with E-state index < -0.39 is 5.54 Å². The first-order chi connectivity index (χ1) is 8.73. The van der Waals surface area contributed by atoms with E-state index in [9.17, 15) is 4.79 Å². The van der Waals surface area contributed by atoms with E-state index in [1.807, 2.05) is 6.92 Å². The zero-order chi connectivity index (χ0) is 13.0. The van der Waals surface area contributed by atoms with Crippen LogP contribution in [0.2, 0.25) is 0 Å². The maximum Gasteiger partial charge on any atom is 0.327 e. The molecule has 1 atom stereocenters. The van der Waals surface area contributed by atoms with Crippen molar-refractivity contribution in [3.05, 3.63) is 6.33 Å². The Morgan fingerprint density at radius 3 is 3.00 bits per heavy atom. The molecule has 0 saturated heterocycles. The van der Waals surface area contributed by atoms with Crippen molar-refractivity contribution in [2.24, 2.45) is 5.92 Å². The van der Waals surface area contributed by atoms with Crippen LogP contribution in [-0.4, -0.2) is 46.1 Å². The summed E-state index contributed by atoms with van der Waals surface area (Å²) in [5.74, 6) is 0.784. The van der Waals surface area contributed by atoms with Gasteiger partial charge >= 0.3 is 5.97 Å². The Bertz CT molecular complexity index is 394. The number of aromatic nitrogens is 3. The van der Waals surface area contributed by atoms with Crippen molar-refractivity contribution < 1.29 is 9.53 Å². The number of hydrogen-bond acceptors (Lipinski definition) is 6. The summed E-state index contributed by atoms with van der Waals surface area (Å²) >= 11 is 1.49. The largest absolute Gasteiger partial charge is 0.468 e. The van der Waals surface area contributed by atoms with Gasteiger partial charge in [0.2, 0.25) is 0 Å². The highest BCUT2D eigenvalue weighted by atomic mass is 32.2. The monoisotopic (exact) mass is 270 g/mol. The lowest BCUT2D eigenvalue weighted by molar-refractivity contribution is -0.148. The first-order valence-corrected chi connectivity index (χ1v) is 7.03. The molecule has 0 amide bonds. The second-order valence-electron chi connectivity index (χ2n) is 4.35. The normalized spacial score (nSPS) is 18.3. The third-order valence-corrected chi connectivity index (χ3v) is 4.22. The van der Waals surface area contributed by atoms with Crippen LogP contribution in [0.4, 0.5) is 0 Å². The Kier molecular flexibility index (Phi) is 4.23. The Morgan fingerprint density at radius 2 is 2.50 bits per heavy atom. The number of likely N-dealkylation sites (N-methyl/N-ethyl adjacent to an activating group) is 1. The highest BCUT2D eigenvalue weighted by Crippen LogP contribution is 2.42. The molecule has 1 heterocycles. The molecule has 18 heavy (non-hydrogen) atoms. The standard InChI is InChI=1S/C11H18N4O2S/c1-3-13-11(8-4-5-8,9(16)17-2)6-18-10-12-7-14-15-10/h7-8,13H,3-6H2,1-2H3,(H,12,14,15). The van der Waals surface area contributed by atoms with Crippen LogP contribution >= 0.6 is 11.8 Å². The molecule has 2 rings (SSSR count). The summed E-state index contributed by atoms with van der Waals surface area (Å²) in [4.78, 5) is 16.2. The van der Waals surface area contributed by atoms with E-state index in [4.69, 9.17) is 4.74 Å². The molecule has 0 aromatic carbocycles. The van der Waals surface area contributed by atoms with Crippen LogP contribution in [0.1, 0.15) is 19.8 Å². The van der Waals surface area contributed by atoms with Crippen LogP contribution in [0.5, 0.6) is 0 Å². The fraction of sp³-hybridized carbons (Fsp3) is 0.727. The summed E-state index contributed by atoms with van der Waals surface area (Å²) in [6.45, 7) is 2.74. The molecule has 7 heteroatoms. The van der Waals surface area contributed by atoms with Crippen molar-refractivity contribution in [2.75, 3.05) is 19.4 Å². The average molecular weight is 270 g/mol. The number of rotatable bonds is 7. The lowest BCUT2D eigenvalue weighted by atomic mass is 9.95. The second-order valence-corrected chi connectivity index (χ2v) is 5.31. The van der Waals surface area contributed by atoms with Crippen molar-refractivity contribution >= 4 is 17.7 Å². The Hall–Kier alpha value is -1.08.